The van der Waals surface area contributed by atoms with Crippen molar-refractivity contribution in [3.63, 3.8) is 0 Å². The van der Waals surface area contributed by atoms with Crippen LogP contribution in [0.2, 0.25) is 0 Å². The number of carbonyl (C=O) groups is 2. The number of nitrogens with zero attached hydrogens (tertiary/aromatic N) is 1. The molecule has 0 unspecified atom stereocenters. The largest absolute Gasteiger partial charge is 0.356 e. The Labute approximate surface area is 165 Å². The molecule has 150 valence electrons. The summed E-state index contributed by atoms with van der Waals surface area (Å²) < 4.78 is 27.3. The second-order valence-electron chi connectivity index (χ2n) is 7.60. The van der Waals surface area contributed by atoms with Crippen LogP contribution in [0.1, 0.15) is 48.0 Å². The maximum absolute atomic E-state index is 12.9. The van der Waals surface area contributed by atoms with E-state index >= 15 is 0 Å². The van der Waals surface area contributed by atoms with Crippen LogP contribution in [-0.2, 0) is 10.0 Å². The number of anilines is 1. The Morgan fingerprint density at radius 3 is 2.25 bits per heavy atom. The number of benzene rings is 1. The highest BCUT2D eigenvalue weighted by atomic mass is 32.2. The standard InChI is InChI=1S/C20H25N3O4S/c1-13-8-14(2)12-23(11-13)28(26,27)18-6-4-17(5-7-18)22-20(25)19-9-16(10-21-19)15(3)24/h4-7,9-10,13-14,21H,8,11-12H2,1-3H3,(H,22,25)/t13-,14-/m1/s1. The van der Waals surface area contributed by atoms with Crippen LogP contribution >= 0.6 is 0 Å². The summed E-state index contributed by atoms with van der Waals surface area (Å²) in [6.07, 6.45) is 2.51. The van der Waals surface area contributed by atoms with Crippen LogP contribution in [0.3, 0.4) is 0 Å². The Morgan fingerprint density at radius 1 is 1.11 bits per heavy atom. The minimum Gasteiger partial charge on any atom is -0.356 e. The number of ketones is 1. The molecule has 2 aromatic rings. The Hall–Kier alpha value is -2.45. The van der Waals surface area contributed by atoms with Crippen molar-refractivity contribution < 1.29 is 18.0 Å². The zero-order valence-electron chi connectivity index (χ0n) is 16.2. The smallest absolute Gasteiger partial charge is 0.272 e. The van der Waals surface area contributed by atoms with Crippen LogP contribution in [0.25, 0.3) is 0 Å². The fourth-order valence-electron chi connectivity index (χ4n) is 3.59. The average molecular weight is 404 g/mol. The molecule has 8 heteroatoms. The SMILES string of the molecule is CC(=O)c1c[nH]c(C(=O)Nc2ccc(S(=O)(=O)N3C[C@H](C)C[C@@H](C)C3)cc2)c1. The number of piperidine rings is 1. The van der Waals surface area contributed by atoms with Crippen molar-refractivity contribution in [1.82, 2.24) is 9.29 Å². The number of rotatable bonds is 5. The van der Waals surface area contributed by atoms with Crippen LogP contribution in [0.5, 0.6) is 0 Å². The van der Waals surface area contributed by atoms with Crippen LogP contribution < -0.4 is 5.32 Å². The van der Waals surface area contributed by atoms with E-state index < -0.39 is 15.9 Å². The van der Waals surface area contributed by atoms with Crippen LogP contribution in [0.15, 0.2) is 41.4 Å². The van der Waals surface area contributed by atoms with E-state index in [4.69, 9.17) is 0 Å². The second kappa shape index (κ2) is 7.89. The number of aromatic nitrogens is 1. The van der Waals surface area contributed by atoms with Gasteiger partial charge in [-0.05, 0) is 55.5 Å². The molecule has 1 saturated heterocycles. The third-order valence-corrected chi connectivity index (χ3v) is 6.77. The van der Waals surface area contributed by atoms with E-state index in [9.17, 15) is 18.0 Å². The highest BCUT2D eigenvalue weighted by molar-refractivity contribution is 7.89. The summed E-state index contributed by atoms with van der Waals surface area (Å²) >= 11 is 0. The molecule has 2 atom stereocenters. The number of hydrogen-bond acceptors (Lipinski definition) is 4. The lowest BCUT2D eigenvalue weighted by Gasteiger charge is -2.34. The first-order chi connectivity index (χ1) is 13.2. The molecular weight excluding hydrogens is 378 g/mol. The maximum Gasteiger partial charge on any atom is 0.272 e. The van der Waals surface area contributed by atoms with Gasteiger partial charge < -0.3 is 10.3 Å². The third kappa shape index (κ3) is 4.34. The van der Waals surface area contributed by atoms with Gasteiger partial charge in [-0.1, -0.05) is 13.8 Å². The lowest BCUT2D eigenvalue weighted by Crippen LogP contribution is -2.42. The van der Waals surface area contributed by atoms with Gasteiger partial charge in [0.2, 0.25) is 10.0 Å². The first-order valence-corrected chi connectivity index (χ1v) is 10.7. The van der Waals surface area contributed by atoms with Crippen molar-refractivity contribution in [2.24, 2.45) is 11.8 Å². The predicted molar refractivity (Wildman–Crippen MR) is 107 cm³/mol. The first-order valence-electron chi connectivity index (χ1n) is 9.27. The van der Waals surface area contributed by atoms with Crippen molar-refractivity contribution in [1.29, 1.82) is 0 Å². The monoisotopic (exact) mass is 403 g/mol. The van der Waals surface area contributed by atoms with Gasteiger partial charge >= 0.3 is 0 Å². The van der Waals surface area contributed by atoms with Crippen molar-refractivity contribution >= 4 is 27.4 Å². The lowest BCUT2D eigenvalue weighted by molar-refractivity contribution is 0.101. The zero-order chi connectivity index (χ0) is 20.5. The van der Waals surface area contributed by atoms with Gasteiger partial charge in [0.1, 0.15) is 5.69 Å². The molecule has 1 aromatic heterocycles. The summed E-state index contributed by atoms with van der Waals surface area (Å²) in [6, 6.07) is 7.62. The molecule has 0 bridgehead atoms. The normalized spacial score (nSPS) is 20.7. The Morgan fingerprint density at radius 2 is 1.71 bits per heavy atom. The summed E-state index contributed by atoms with van der Waals surface area (Å²) in [7, 11) is -3.55. The summed E-state index contributed by atoms with van der Waals surface area (Å²) in [5.41, 5.74) is 1.16. The Bertz CT molecular complexity index is 969. The minimum atomic E-state index is -3.55. The number of nitrogens with one attached hydrogen (secondary N) is 2. The fourth-order valence-corrected chi connectivity index (χ4v) is 5.27. The molecule has 2 heterocycles. The third-order valence-electron chi connectivity index (χ3n) is 4.92. The summed E-state index contributed by atoms with van der Waals surface area (Å²) in [6.45, 7) is 6.60. The van der Waals surface area contributed by atoms with Crippen molar-refractivity contribution in [2.45, 2.75) is 32.1 Å². The number of H-pyrrole nitrogens is 1. The molecule has 3 rings (SSSR count). The van der Waals surface area contributed by atoms with Gasteiger partial charge in [-0.15, -0.1) is 0 Å². The molecule has 1 aromatic carbocycles. The highest BCUT2D eigenvalue weighted by Crippen LogP contribution is 2.27. The van der Waals surface area contributed by atoms with Gasteiger partial charge in [-0.2, -0.15) is 4.31 Å². The van der Waals surface area contributed by atoms with Gasteiger partial charge in [-0.25, -0.2) is 8.42 Å². The summed E-state index contributed by atoms with van der Waals surface area (Å²) in [5.74, 6) is 0.128. The molecule has 1 aliphatic rings. The number of hydrogen-bond donors (Lipinski definition) is 2. The van der Waals surface area contributed by atoms with Crippen molar-refractivity contribution in [2.75, 3.05) is 18.4 Å². The Kier molecular flexibility index (Phi) is 5.71. The predicted octanol–water partition coefficient (Wildman–Crippen LogP) is 3.14. The van der Waals surface area contributed by atoms with Crippen LogP contribution in [0.4, 0.5) is 5.69 Å². The number of carbonyl (C=O) groups excluding carboxylic acids is 2. The minimum absolute atomic E-state index is 0.133. The van der Waals surface area contributed by atoms with Crippen LogP contribution in [0, 0.1) is 11.8 Å². The maximum atomic E-state index is 12.9. The van der Waals surface area contributed by atoms with Gasteiger partial charge in [0.25, 0.3) is 5.91 Å². The van der Waals surface area contributed by atoms with Gasteiger partial charge in [0.05, 0.1) is 4.90 Å². The number of Topliss-reactive ketones (excluding diaryl/α,β-unsaturated/α-hetero) is 1. The highest BCUT2D eigenvalue weighted by Gasteiger charge is 2.31. The van der Waals surface area contributed by atoms with Crippen LogP contribution in [-0.4, -0.2) is 42.5 Å². The number of sulfonamides is 1. The van der Waals surface area contributed by atoms with Crippen molar-refractivity contribution in [3.05, 3.63) is 47.8 Å². The van der Waals surface area contributed by atoms with E-state index in [0.29, 0.717) is 36.2 Å². The van der Waals surface area contributed by atoms with Gasteiger partial charge in [-0.3, -0.25) is 9.59 Å². The summed E-state index contributed by atoms with van der Waals surface area (Å²) in [5, 5.41) is 2.69. The molecule has 7 nitrogen and oxygen atoms in total. The van der Waals surface area contributed by atoms with E-state index in [1.807, 2.05) is 0 Å². The molecule has 1 aliphatic heterocycles. The van der Waals surface area contributed by atoms with E-state index in [1.165, 1.54) is 31.3 Å². The molecule has 0 radical (unpaired) electrons. The quantitative estimate of drug-likeness (QED) is 0.749. The van der Waals surface area contributed by atoms with Gasteiger partial charge in [0, 0.05) is 30.5 Å². The van der Waals surface area contributed by atoms with E-state index in [-0.39, 0.29) is 16.4 Å². The van der Waals surface area contributed by atoms with E-state index in [1.54, 1.807) is 16.4 Å². The number of amides is 1. The summed E-state index contributed by atoms with van der Waals surface area (Å²) in [4.78, 5) is 26.6. The average Bonchev–Trinajstić information content (AvgIpc) is 3.12. The van der Waals surface area contributed by atoms with Crippen molar-refractivity contribution in [3.8, 4) is 0 Å². The Balaban J connectivity index is 1.72. The molecule has 28 heavy (non-hydrogen) atoms. The molecule has 1 amide bonds. The molecule has 0 spiro atoms. The first kappa shape index (κ1) is 20.3. The molecule has 1 fully saturated rings. The van der Waals surface area contributed by atoms with E-state index in [2.05, 4.69) is 24.1 Å². The molecule has 2 N–H and O–H groups in total. The van der Waals surface area contributed by atoms with Gasteiger partial charge in [0.15, 0.2) is 5.78 Å². The lowest BCUT2D eigenvalue weighted by atomic mass is 9.94. The number of aromatic amines is 1. The second-order valence-corrected chi connectivity index (χ2v) is 9.54. The molecular formula is C20H25N3O4S. The zero-order valence-corrected chi connectivity index (χ0v) is 17.0. The molecule has 0 saturated carbocycles. The molecule has 0 aliphatic carbocycles. The van der Waals surface area contributed by atoms with E-state index in [0.717, 1.165) is 6.42 Å². The fraction of sp³-hybridized carbons (Fsp3) is 0.400. The topological polar surface area (TPSA) is 99.3 Å².